The Morgan fingerprint density at radius 2 is 1.89 bits per heavy atom. The fourth-order valence-corrected chi connectivity index (χ4v) is 2.63. The van der Waals surface area contributed by atoms with E-state index in [4.69, 9.17) is 0 Å². The highest BCUT2D eigenvalue weighted by Crippen LogP contribution is 2.16. The second-order valence-corrected chi connectivity index (χ2v) is 6.01. The normalized spacial score (nSPS) is 17.3. The summed E-state index contributed by atoms with van der Waals surface area (Å²) < 4.78 is 1.08. The minimum atomic E-state index is 0.196. The SMILES string of the molecule is CC(NCC(=O)N1CCCCC1)c1ccc(Br)cc1. The Morgan fingerprint density at radius 1 is 1.26 bits per heavy atom. The van der Waals surface area contributed by atoms with E-state index in [1.165, 1.54) is 12.0 Å². The molecule has 1 atom stereocenters. The molecule has 1 amide bonds. The minimum absolute atomic E-state index is 0.196. The zero-order valence-corrected chi connectivity index (χ0v) is 12.9. The van der Waals surface area contributed by atoms with Crippen LogP contribution >= 0.6 is 15.9 Å². The van der Waals surface area contributed by atoms with Crippen molar-refractivity contribution < 1.29 is 4.79 Å². The number of hydrogen-bond donors (Lipinski definition) is 1. The van der Waals surface area contributed by atoms with Crippen molar-refractivity contribution in [3.63, 3.8) is 0 Å². The van der Waals surface area contributed by atoms with E-state index in [0.717, 1.165) is 30.4 Å². The molecule has 1 aliphatic heterocycles. The first kappa shape index (κ1) is 14.5. The lowest BCUT2D eigenvalue weighted by molar-refractivity contribution is -0.131. The number of benzene rings is 1. The van der Waals surface area contributed by atoms with Crippen LogP contribution in [0.3, 0.4) is 0 Å². The fraction of sp³-hybridized carbons (Fsp3) is 0.533. The summed E-state index contributed by atoms with van der Waals surface area (Å²) in [5.74, 6) is 0.226. The largest absolute Gasteiger partial charge is 0.342 e. The summed E-state index contributed by atoms with van der Waals surface area (Å²) in [4.78, 5) is 14.0. The lowest BCUT2D eigenvalue weighted by Crippen LogP contribution is -2.41. The first-order chi connectivity index (χ1) is 9.16. The molecular formula is C15H21BrN2O. The predicted molar refractivity (Wildman–Crippen MR) is 81.0 cm³/mol. The van der Waals surface area contributed by atoms with Crippen LogP contribution in [-0.2, 0) is 4.79 Å². The number of carbonyl (C=O) groups excluding carboxylic acids is 1. The van der Waals surface area contributed by atoms with Crippen molar-refractivity contribution in [2.75, 3.05) is 19.6 Å². The maximum atomic E-state index is 12.0. The van der Waals surface area contributed by atoms with Gasteiger partial charge in [-0.25, -0.2) is 0 Å². The van der Waals surface area contributed by atoms with Crippen LogP contribution in [0.5, 0.6) is 0 Å². The molecule has 0 bridgehead atoms. The van der Waals surface area contributed by atoms with Crippen LogP contribution in [0.15, 0.2) is 28.7 Å². The van der Waals surface area contributed by atoms with Gasteiger partial charge in [0.25, 0.3) is 0 Å². The summed E-state index contributed by atoms with van der Waals surface area (Å²) >= 11 is 3.43. The predicted octanol–water partition coefficient (Wildman–Crippen LogP) is 3.11. The van der Waals surface area contributed by atoms with Gasteiger partial charge in [0.1, 0.15) is 0 Å². The second-order valence-electron chi connectivity index (χ2n) is 5.10. The van der Waals surface area contributed by atoms with Gasteiger partial charge < -0.3 is 10.2 Å². The van der Waals surface area contributed by atoms with E-state index >= 15 is 0 Å². The standard InChI is InChI=1S/C15H21BrN2O/c1-12(13-5-7-14(16)8-6-13)17-11-15(19)18-9-3-2-4-10-18/h5-8,12,17H,2-4,9-11H2,1H3. The molecule has 1 aromatic rings. The Balaban J connectivity index is 1.80. The molecule has 1 saturated heterocycles. The van der Waals surface area contributed by atoms with Gasteiger partial charge >= 0.3 is 0 Å². The summed E-state index contributed by atoms with van der Waals surface area (Å²) in [6, 6.07) is 8.40. The Bertz CT molecular complexity index is 413. The molecule has 1 heterocycles. The Labute approximate surface area is 123 Å². The molecule has 0 aromatic heterocycles. The van der Waals surface area contributed by atoms with Crippen LogP contribution in [-0.4, -0.2) is 30.4 Å². The molecule has 0 saturated carbocycles. The van der Waals surface area contributed by atoms with Crippen LogP contribution in [0.4, 0.5) is 0 Å². The molecule has 2 rings (SSSR count). The highest BCUT2D eigenvalue weighted by molar-refractivity contribution is 9.10. The first-order valence-corrected chi connectivity index (χ1v) is 7.73. The van der Waals surface area contributed by atoms with E-state index in [1.807, 2.05) is 17.0 Å². The molecule has 1 aliphatic rings. The van der Waals surface area contributed by atoms with Crippen molar-refractivity contribution in [2.24, 2.45) is 0 Å². The topological polar surface area (TPSA) is 32.3 Å². The lowest BCUT2D eigenvalue weighted by atomic mass is 10.1. The third kappa shape index (κ3) is 4.32. The van der Waals surface area contributed by atoms with Gasteiger partial charge in [-0.2, -0.15) is 0 Å². The Hall–Kier alpha value is -0.870. The number of rotatable bonds is 4. The third-order valence-corrected chi connectivity index (χ3v) is 4.17. The zero-order valence-electron chi connectivity index (χ0n) is 11.4. The molecule has 1 unspecified atom stereocenters. The number of nitrogens with zero attached hydrogens (tertiary/aromatic N) is 1. The van der Waals surface area contributed by atoms with Gasteiger partial charge in [0, 0.05) is 23.6 Å². The molecule has 4 heteroatoms. The quantitative estimate of drug-likeness (QED) is 0.922. The van der Waals surface area contributed by atoms with Crippen molar-refractivity contribution >= 4 is 21.8 Å². The molecule has 19 heavy (non-hydrogen) atoms. The van der Waals surface area contributed by atoms with Crippen molar-refractivity contribution in [2.45, 2.75) is 32.2 Å². The van der Waals surface area contributed by atoms with Gasteiger partial charge in [0.2, 0.25) is 5.91 Å². The number of hydrogen-bond acceptors (Lipinski definition) is 2. The van der Waals surface area contributed by atoms with E-state index in [-0.39, 0.29) is 11.9 Å². The van der Waals surface area contributed by atoms with Crippen molar-refractivity contribution in [1.82, 2.24) is 10.2 Å². The monoisotopic (exact) mass is 324 g/mol. The van der Waals surface area contributed by atoms with Crippen LogP contribution in [0, 0.1) is 0 Å². The number of likely N-dealkylation sites (tertiary alicyclic amines) is 1. The number of nitrogens with one attached hydrogen (secondary N) is 1. The highest BCUT2D eigenvalue weighted by atomic mass is 79.9. The van der Waals surface area contributed by atoms with Gasteiger partial charge in [0.05, 0.1) is 6.54 Å². The average Bonchev–Trinajstić information content (AvgIpc) is 2.46. The first-order valence-electron chi connectivity index (χ1n) is 6.93. The molecule has 1 fully saturated rings. The number of carbonyl (C=O) groups is 1. The Kier molecular flexibility index (Phi) is 5.40. The van der Waals surface area contributed by atoms with Gasteiger partial charge in [-0.1, -0.05) is 28.1 Å². The summed E-state index contributed by atoms with van der Waals surface area (Å²) in [6.07, 6.45) is 3.55. The molecule has 0 spiro atoms. The van der Waals surface area contributed by atoms with E-state index in [1.54, 1.807) is 0 Å². The van der Waals surface area contributed by atoms with Crippen LogP contribution in [0.1, 0.15) is 37.8 Å². The highest BCUT2D eigenvalue weighted by Gasteiger charge is 2.16. The van der Waals surface area contributed by atoms with Crippen LogP contribution in [0.2, 0.25) is 0 Å². The van der Waals surface area contributed by atoms with E-state index < -0.39 is 0 Å². The van der Waals surface area contributed by atoms with Crippen molar-refractivity contribution in [3.05, 3.63) is 34.3 Å². The summed E-state index contributed by atoms with van der Waals surface area (Å²) in [6.45, 7) is 4.37. The molecule has 0 radical (unpaired) electrons. The molecule has 1 N–H and O–H groups in total. The van der Waals surface area contributed by atoms with Crippen molar-refractivity contribution in [1.29, 1.82) is 0 Å². The number of piperidine rings is 1. The molecular weight excluding hydrogens is 304 g/mol. The van der Waals surface area contributed by atoms with Gasteiger partial charge in [-0.05, 0) is 43.9 Å². The fourth-order valence-electron chi connectivity index (χ4n) is 2.36. The molecule has 0 aliphatic carbocycles. The smallest absolute Gasteiger partial charge is 0.236 e. The number of amides is 1. The zero-order chi connectivity index (χ0) is 13.7. The van der Waals surface area contributed by atoms with E-state index in [2.05, 4.69) is 40.3 Å². The number of halogens is 1. The van der Waals surface area contributed by atoms with Gasteiger partial charge in [-0.3, -0.25) is 4.79 Å². The maximum Gasteiger partial charge on any atom is 0.236 e. The molecule has 1 aromatic carbocycles. The lowest BCUT2D eigenvalue weighted by Gasteiger charge is -2.27. The minimum Gasteiger partial charge on any atom is -0.342 e. The maximum absolute atomic E-state index is 12.0. The second kappa shape index (κ2) is 7.06. The van der Waals surface area contributed by atoms with Gasteiger partial charge in [-0.15, -0.1) is 0 Å². The average molecular weight is 325 g/mol. The van der Waals surface area contributed by atoms with E-state index in [0.29, 0.717) is 6.54 Å². The summed E-state index contributed by atoms with van der Waals surface area (Å²) in [5, 5.41) is 3.31. The van der Waals surface area contributed by atoms with Gasteiger partial charge in [0.15, 0.2) is 0 Å². The molecule has 104 valence electrons. The van der Waals surface area contributed by atoms with Crippen LogP contribution < -0.4 is 5.32 Å². The van der Waals surface area contributed by atoms with Crippen molar-refractivity contribution in [3.8, 4) is 0 Å². The van der Waals surface area contributed by atoms with E-state index in [9.17, 15) is 4.79 Å². The van der Waals surface area contributed by atoms with Crippen LogP contribution in [0.25, 0.3) is 0 Å². The molecule has 3 nitrogen and oxygen atoms in total. The Morgan fingerprint density at radius 3 is 2.53 bits per heavy atom. The summed E-state index contributed by atoms with van der Waals surface area (Å²) in [5.41, 5.74) is 1.20. The summed E-state index contributed by atoms with van der Waals surface area (Å²) in [7, 11) is 0. The third-order valence-electron chi connectivity index (χ3n) is 3.64.